The molecule has 0 radical (unpaired) electrons. The average Bonchev–Trinajstić information content (AvgIpc) is 2.84. The summed E-state index contributed by atoms with van der Waals surface area (Å²) in [5.41, 5.74) is 2.48. The van der Waals surface area contributed by atoms with Crippen molar-refractivity contribution in [1.29, 1.82) is 0 Å². The van der Waals surface area contributed by atoms with Gasteiger partial charge in [0, 0.05) is 31.8 Å². The summed E-state index contributed by atoms with van der Waals surface area (Å²) in [4.78, 5) is 0. The van der Waals surface area contributed by atoms with E-state index < -0.39 is 0 Å². The van der Waals surface area contributed by atoms with Crippen molar-refractivity contribution in [1.82, 2.24) is 15.1 Å². The zero-order chi connectivity index (χ0) is 14.3. The lowest BCUT2D eigenvalue weighted by Crippen LogP contribution is -2.41. The normalized spacial score (nSPS) is 14.6. The number of rotatable bonds is 9. The lowest BCUT2D eigenvalue weighted by Gasteiger charge is -2.24. The highest BCUT2D eigenvalue weighted by molar-refractivity contribution is 5.12. The van der Waals surface area contributed by atoms with Crippen molar-refractivity contribution in [2.75, 3.05) is 13.7 Å². The van der Waals surface area contributed by atoms with Crippen LogP contribution in [0.3, 0.4) is 0 Å². The van der Waals surface area contributed by atoms with Crippen LogP contribution in [0.4, 0.5) is 0 Å². The van der Waals surface area contributed by atoms with Gasteiger partial charge in [-0.2, -0.15) is 5.10 Å². The fraction of sp³-hybridized carbons (Fsp3) is 0.800. The molecular formula is C15H29N3O. The first-order chi connectivity index (χ1) is 9.15. The first kappa shape index (κ1) is 16.2. The summed E-state index contributed by atoms with van der Waals surface area (Å²) < 4.78 is 7.61. The second-order valence-corrected chi connectivity index (χ2v) is 5.00. The van der Waals surface area contributed by atoms with Crippen molar-refractivity contribution < 1.29 is 4.74 Å². The Morgan fingerprint density at radius 2 is 2.11 bits per heavy atom. The minimum Gasteiger partial charge on any atom is -0.380 e. The molecule has 0 aromatic carbocycles. The SMILES string of the molecule is CCCNC(Cc1cc(CC)nn1CC)C(C)OC. The molecule has 1 rings (SSSR count). The Morgan fingerprint density at radius 3 is 2.63 bits per heavy atom. The van der Waals surface area contributed by atoms with Gasteiger partial charge in [0.25, 0.3) is 0 Å². The van der Waals surface area contributed by atoms with Gasteiger partial charge >= 0.3 is 0 Å². The lowest BCUT2D eigenvalue weighted by atomic mass is 10.1. The molecule has 0 bridgehead atoms. The third-order valence-electron chi connectivity index (χ3n) is 3.60. The molecule has 0 saturated heterocycles. The largest absolute Gasteiger partial charge is 0.380 e. The van der Waals surface area contributed by atoms with Crippen molar-refractivity contribution >= 4 is 0 Å². The molecule has 0 amide bonds. The van der Waals surface area contributed by atoms with Crippen LogP contribution in [0.1, 0.15) is 45.5 Å². The third kappa shape index (κ3) is 4.62. The first-order valence-corrected chi connectivity index (χ1v) is 7.47. The number of hydrogen-bond acceptors (Lipinski definition) is 3. The monoisotopic (exact) mass is 267 g/mol. The van der Waals surface area contributed by atoms with Crippen LogP contribution in [0.25, 0.3) is 0 Å². The van der Waals surface area contributed by atoms with Crippen molar-refractivity contribution in [3.63, 3.8) is 0 Å². The van der Waals surface area contributed by atoms with Crippen molar-refractivity contribution in [2.45, 2.75) is 65.6 Å². The molecule has 0 aliphatic rings. The highest BCUT2D eigenvalue weighted by Crippen LogP contribution is 2.11. The van der Waals surface area contributed by atoms with E-state index in [-0.39, 0.29) is 6.10 Å². The van der Waals surface area contributed by atoms with Gasteiger partial charge < -0.3 is 10.1 Å². The van der Waals surface area contributed by atoms with Crippen LogP contribution < -0.4 is 5.32 Å². The van der Waals surface area contributed by atoms with Crippen molar-refractivity contribution in [2.24, 2.45) is 0 Å². The molecule has 2 atom stereocenters. The Labute approximate surface area is 117 Å². The molecule has 1 heterocycles. The van der Waals surface area contributed by atoms with Crippen molar-refractivity contribution in [3.05, 3.63) is 17.5 Å². The van der Waals surface area contributed by atoms with Crippen LogP contribution in [0.2, 0.25) is 0 Å². The topological polar surface area (TPSA) is 39.1 Å². The summed E-state index contributed by atoms with van der Waals surface area (Å²) in [5, 5.41) is 8.19. The van der Waals surface area contributed by atoms with Crippen LogP contribution in [-0.4, -0.2) is 35.6 Å². The van der Waals surface area contributed by atoms with Gasteiger partial charge in [-0.05, 0) is 39.3 Å². The predicted octanol–water partition coefficient (Wildman–Crippen LogP) is 2.41. The first-order valence-electron chi connectivity index (χ1n) is 7.47. The van der Waals surface area contributed by atoms with E-state index in [2.05, 4.69) is 48.9 Å². The fourth-order valence-electron chi connectivity index (χ4n) is 2.25. The minimum absolute atomic E-state index is 0.205. The Bertz CT molecular complexity index is 362. The van der Waals surface area contributed by atoms with E-state index in [1.807, 2.05) is 0 Å². The second-order valence-electron chi connectivity index (χ2n) is 5.00. The van der Waals surface area contributed by atoms with Gasteiger partial charge in [0.2, 0.25) is 0 Å². The van der Waals surface area contributed by atoms with Gasteiger partial charge in [-0.3, -0.25) is 4.68 Å². The predicted molar refractivity (Wildman–Crippen MR) is 79.5 cm³/mol. The number of ether oxygens (including phenoxy) is 1. The Kier molecular flexibility index (Phi) is 7.10. The Hall–Kier alpha value is -0.870. The number of hydrogen-bond donors (Lipinski definition) is 1. The zero-order valence-corrected chi connectivity index (χ0v) is 13.1. The smallest absolute Gasteiger partial charge is 0.0699 e. The maximum Gasteiger partial charge on any atom is 0.0699 e. The summed E-state index contributed by atoms with van der Waals surface area (Å²) in [6.07, 6.45) is 3.31. The molecule has 0 aliphatic heterocycles. The van der Waals surface area contributed by atoms with E-state index in [1.165, 1.54) is 11.4 Å². The quantitative estimate of drug-likeness (QED) is 0.747. The van der Waals surface area contributed by atoms with Gasteiger partial charge in [-0.1, -0.05) is 13.8 Å². The molecule has 1 aromatic heterocycles. The highest BCUT2D eigenvalue weighted by Gasteiger charge is 2.19. The van der Waals surface area contributed by atoms with Gasteiger partial charge in [-0.25, -0.2) is 0 Å². The van der Waals surface area contributed by atoms with E-state index in [0.717, 1.165) is 32.4 Å². The van der Waals surface area contributed by atoms with E-state index in [1.54, 1.807) is 7.11 Å². The van der Waals surface area contributed by atoms with Crippen molar-refractivity contribution in [3.8, 4) is 0 Å². The maximum absolute atomic E-state index is 5.50. The molecule has 110 valence electrons. The molecule has 4 nitrogen and oxygen atoms in total. The average molecular weight is 267 g/mol. The Balaban J connectivity index is 2.79. The van der Waals surface area contributed by atoms with Crippen LogP contribution in [0.15, 0.2) is 6.07 Å². The van der Waals surface area contributed by atoms with Gasteiger partial charge in [0.15, 0.2) is 0 Å². The maximum atomic E-state index is 5.50. The van der Waals surface area contributed by atoms with Crippen LogP contribution >= 0.6 is 0 Å². The van der Waals surface area contributed by atoms with Crippen LogP contribution in [0.5, 0.6) is 0 Å². The van der Waals surface area contributed by atoms with Gasteiger partial charge in [-0.15, -0.1) is 0 Å². The molecule has 0 aliphatic carbocycles. The molecule has 0 saturated carbocycles. The third-order valence-corrected chi connectivity index (χ3v) is 3.60. The highest BCUT2D eigenvalue weighted by atomic mass is 16.5. The summed E-state index contributed by atoms with van der Waals surface area (Å²) in [6, 6.07) is 2.57. The summed E-state index contributed by atoms with van der Waals surface area (Å²) >= 11 is 0. The number of aromatic nitrogens is 2. The van der Waals surface area contributed by atoms with Crippen LogP contribution in [0, 0.1) is 0 Å². The standard InChI is InChI=1S/C15H29N3O/c1-6-9-16-15(12(4)19-5)11-14-10-13(7-2)17-18(14)8-3/h10,12,15-16H,6-9,11H2,1-5H3. The number of methoxy groups -OCH3 is 1. The summed E-state index contributed by atoms with van der Waals surface area (Å²) in [6.45, 7) is 10.6. The molecule has 1 N–H and O–H groups in total. The number of nitrogens with zero attached hydrogens (tertiary/aromatic N) is 2. The van der Waals surface area contributed by atoms with E-state index >= 15 is 0 Å². The van der Waals surface area contributed by atoms with Gasteiger partial charge in [0.1, 0.15) is 0 Å². The van der Waals surface area contributed by atoms with E-state index in [4.69, 9.17) is 4.74 Å². The van der Waals surface area contributed by atoms with Crippen LogP contribution in [-0.2, 0) is 24.1 Å². The Morgan fingerprint density at radius 1 is 1.37 bits per heavy atom. The molecule has 0 spiro atoms. The lowest BCUT2D eigenvalue weighted by molar-refractivity contribution is 0.0824. The summed E-state index contributed by atoms with van der Waals surface area (Å²) in [7, 11) is 1.78. The van der Waals surface area contributed by atoms with E-state index in [9.17, 15) is 0 Å². The second kappa shape index (κ2) is 8.33. The summed E-state index contributed by atoms with van der Waals surface area (Å²) in [5.74, 6) is 0. The zero-order valence-electron chi connectivity index (χ0n) is 13.1. The molecule has 4 heteroatoms. The van der Waals surface area contributed by atoms with E-state index in [0.29, 0.717) is 6.04 Å². The molecule has 0 fully saturated rings. The molecule has 1 aromatic rings. The fourth-order valence-corrected chi connectivity index (χ4v) is 2.25. The number of aryl methyl sites for hydroxylation is 2. The molecular weight excluding hydrogens is 238 g/mol. The number of nitrogens with one attached hydrogen (secondary N) is 1. The minimum atomic E-state index is 0.205. The van der Waals surface area contributed by atoms with Gasteiger partial charge in [0.05, 0.1) is 11.8 Å². The molecule has 2 unspecified atom stereocenters. The molecule has 19 heavy (non-hydrogen) atoms.